The maximum absolute atomic E-state index is 6.63. The Kier molecular flexibility index (Phi) is 7.35. The van der Waals surface area contributed by atoms with Gasteiger partial charge in [0.1, 0.15) is 16.2 Å². The lowest BCUT2D eigenvalue weighted by Crippen LogP contribution is -2.09. The Hall–Kier alpha value is -7.01. The van der Waals surface area contributed by atoms with Crippen molar-refractivity contribution in [2.75, 3.05) is 4.90 Å². The third-order valence-electron chi connectivity index (χ3n) is 10.7. The van der Waals surface area contributed by atoms with E-state index in [1.54, 1.807) is 11.3 Å². The monoisotopic (exact) mass is 720 g/mol. The minimum absolute atomic E-state index is 0.854. The summed E-state index contributed by atoms with van der Waals surface area (Å²) >= 11 is 1.72. The standard InChI is InChI=1S/C51H32N2OS/c1-3-12-35(13-4-1)51-52-47-32-48-46(31-49(47)55-51)44-21-11-20-41(50(44)54-48)33-22-26-38(27-23-33)53(37-15-5-2-6-16-37)39-28-24-34(25-29-39)45-30-36-14-7-8-17-40(36)42-18-9-10-19-43(42)45/h1-32H. The Morgan fingerprint density at radius 2 is 1.02 bits per heavy atom. The van der Waals surface area contributed by atoms with Gasteiger partial charge in [0.05, 0.1) is 10.2 Å². The SMILES string of the molecule is c1ccc(-c2nc3cc4oc5c(-c6ccc(N(c7ccccc7)c7ccc(-c8cc9ccccc9c9ccccc89)cc7)cc6)cccc5c4cc3s2)cc1. The molecule has 0 radical (unpaired) electrons. The van der Waals surface area contributed by atoms with Gasteiger partial charge in [0.25, 0.3) is 0 Å². The summed E-state index contributed by atoms with van der Waals surface area (Å²) in [6.45, 7) is 0. The van der Waals surface area contributed by atoms with E-state index >= 15 is 0 Å². The second-order valence-corrected chi connectivity index (χ2v) is 15.0. The molecule has 0 saturated carbocycles. The zero-order chi connectivity index (χ0) is 36.3. The van der Waals surface area contributed by atoms with Gasteiger partial charge in [0.15, 0.2) is 0 Å². The van der Waals surface area contributed by atoms with Crippen molar-refractivity contribution in [3.8, 4) is 32.8 Å². The molecule has 0 amide bonds. The van der Waals surface area contributed by atoms with Crippen LogP contribution in [0.4, 0.5) is 17.1 Å². The highest BCUT2D eigenvalue weighted by molar-refractivity contribution is 7.21. The van der Waals surface area contributed by atoms with Gasteiger partial charge in [-0.3, -0.25) is 0 Å². The molecule has 0 N–H and O–H groups in total. The Balaban J connectivity index is 0.959. The van der Waals surface area contributed by atoms with Gasteiger partial charge in [0, 0.05) is 45.0 Å². The van der Waals surface area contributed by atoms with E-state index in [2.05, 4.69) is 193 Å². The predicted octanol–water partition coefficient (Wildman–Crippen LogP) is 15.0. The maximum atomic E-state index is 6.63. The van der Waals surface area contributed by atoms with Crippen LogP contribution in [0, 0.1) is 0 Å². The zero-order valence-electron chi connectivity index (χ0n) is 29.7. The van der Waals surface area contributed by atoms with Gasteiger partial charge in [-0.15, -0.1) is 11.3 Å². The molecule has 0 aliphatic rings. The molecule has 0 atom stereocenters. The first kappa shape index (κ1) is 31.5. The molecule has 0 aliphatic heterocycles. The molecule has 0 saturated heterocycles. The van der Waals surface area contributed by atoms with Crippen LogP contribution in [0.5, 0.6) is 0 Å². The van der Waals surface area contributed by atoms with Gasteiger partial charge >= 0.3 is 0 Å². The molecule has 11 aromatic rings. The molecular weight excluding hydrogens is 689 g/mol. The van der Waals surface area contributed by atoms with Crippen LogP contribution in [-0.4, -0.2) is 4.98 Å². The highest BCUT2D eigenvalue weighted by Crippen LogP contribution is 2.42. The molecule has 4 heteroatoms. The van der Waals surface area contributed by atoms with Crippen molar-refractivity contribution >= 4 is 82.1 Å². The van der Waals surface area contributed by atoms with E-state index in [0.717, 1.165) is 70.9 Å². The molecule has 0 fully saturated rings. The summed E-state index contributed by atoms with van der Waals surface area (Å²) in [6.07, 6.45) is 0. The average Bonchev–Trinajstić information content (AvgIpc) is 3.85. The maximum Gasteiger partial charge on any atom is 0.143 e. The second-order valence-electron chi connectivity index (χ2n) is 13.9. The smallest absolute Gasteiger partial charge is 0.143 e. The number of fused-ring (bicyclic) bond motifs is 7. The van der Waals surface area contributed by atoms with Crippen LogP contribution in [-0.2, 0) is 0 Å². The van der Waals surface area contributed by atoms with Gasteiger partial charge in [-0.1, -0.05) is 140 Å². The Labute approximate surface area is 322 Å². The van der Waals surface area contributed by atoms with Gasteiger partial charge in [-0.2, -0.15) is 0 Å². The average molecular weight is 721 g/mol. The van der Waals surface area contributed by atoms with E-state index in [9.17, 15) is 0 Å². The van der Waals surface area contributed by atoms with E-state index in [-0.39, 0.29) is 0 Å². The Morgan fingerprint density at radius 3 is 1.76 bits per heavy atom. The van der Waals surface area contributed by atoms with Gasteiger partial charge in [-0.05, 0) is 86.8 Å². The Bertz CT molecular complexity index is 3180. The van der Waals surface area contributed by atoms with E-state index < -0.39 is 0 Å². The van der Waals surface area contributed by atoms with Gasteiger partial charge < -0.3 is 9.32 Å². The normalized spacial score (nSPS) is 11.6. The molecule has 2 heterocycles. The van der Waals surface area contributed by atoms with Crippen molar-refractivity contribution in [1.29, 1.82) is 0 Å². The van der Waals surface area contributed by atoms with E-state index in [4.69, 9.17) is 9.40 Å². The van der Waals surface area contributed by atoms with Crippen LogP contribution in [0.3, 0.4) is 0 Å². The highest BCUT2D eigenvalue weighted by atomic mass is 32.1. The van der Waals surface area contributed by atoms with Crippen LogP contribution in [0.15, 0.2) is 199 Å². The largest absolute Gasteiger partial charge is 0.455 e. The van der Waals surface area contributed by atoms with Crippen molar-refractivity contribution in [2.24, 2.45) is 0 Å². The molecule has 55 heavy (non-hydrogen) atoms. The first-order valence-electron chi connectivity index (χ1n) is 18.5. The molecule has 11 rings (SSSR count). The number of anilines is 3. The van der Waals surface area contributed by atoms with Crippen LogP contribution in [0.1, 0.15) is 0 Å². The molecule has 0 aliphatic carbocycles. The van der Waals surface area contributed by atoms with E-state index in [1.165, 1.54) is 32.7 Å². The van der Waals surface area contributed by atoms with E-state index in [1.807, 2.05) is 6.07 Å². The first-order chi connectivity index (χ1) is 27.2. The van der Waals surface area contributed by atoms with Crippen LogP contribution < -0.4 is 4.90 Å². The third kappa shape index (κ3) is 5.38. The second kappa shape index (κ2) is 12.8. The summed E-state index contributed by atoms with van der Waals surface area (Å²) in [5.41, 5.74) is 11.7. The molecule has 258 valence electrons. The fourth-order valence-corrected chi connectivity index (χ4v) is 9.04. The minimum Gasteiger partial charge on any atom is -0.455 e. The number of nitrogens with zero attached hydrogens (tertiary/aromatic N) is 2. The molecule has 3 nitrogen and oxygen atoms in total. The molecule has 0 unspecified atom stereocenters. The zero-order valence-corrected chi connectivity index (χ0v) is 30.5. The summed E-state index contributed by atoms with van der Waals surface area (Å²) in [5.74, 6) is 0. The molecule has 2 aromatic heterocycles. The van der Waals surface area contributed by atoms with Crippen molar-refractivity contribution in [2.45, 2.75) is 0 Å². The fourth-order valence-electron chi connectivity index (χ4n) is 8.05. The number of thiazole rings is 1. The number of hydrogen-bond acceptors (Lipinski definition) is 4. The lowest BCUT2D eigenvalue weighted by atomic mass is 9.93. The van der Waals surface area contributed by atoms with Gasteiger partial charge in [0.2, 0.25) is 0 Å². The van der Waals surface area contributed by atoms with Crippen molar-refractivity contribution in [1.82, 2.24) is 4.98 Å². The summed E-state index contributed by atoms with van der Waals surface area (Å²) in [4.78, 5) is 7.27. The summed E-state index contributed by atoms with van der Waals surface area (Å²) in [5, 5.41) is 8.31. The topological polar surface area (TPSA) is 29.3 Å². The van der Waals surface area contributed by atoms with Gasteiger partial charge in [-0.25, -0.2) is 4.98 Å². The third-order valence-corrected chi connectivity index (χ3v) is 11.8. The quantitative estimate of drug-likeness (QED) is 0.160. The molecule has 9 aromatic carbocycles. The number of aromatic nitrogens is 1. The highest BCUT2D eigenvalue weighted by Gasteiger charge is 2.18. The predicted molar refractivity (Wildman–Crippen MR) is 233 cm³/mol. The molecule has 0 bridgehead atoms. The van der Waals surface area contributed by atoms with Crippen molar-refractivity contribution in [3.05, 3.63) is 194 Å². The van der Waals surface area contributed by atoms with Crippen molar-refractivity contribution < 1.29 is 4.42 Å². The number of furan rings is 1. The Morgan fingerprint density at radius 1 is 0.418 bits per heavy atom. The fraction of sp³-hybridized carbons (Fsp3) is 0. The number of hydrogen-bond donors (Lipinski definition) is 0. The number of rotatable bonds is 6. The number of para-hydroxylation sites is 2. The molecule has 0 spiro atoms. The number of benzene rings is 9. The summed E-state index contributed by atoms with van der Waals surface area (Å²) in [7, 11) is 0. The van der Waals surface area contributed by atoms with Crippen LogP contribution >= 0.6 is 11.3 Å². The van der Waals surface area contributed by atoms with Crippen LogP contribution in [0.25, 0.3) is 86.5 Å². The summed E-state index contributed by atoms with van der Waals surface area (Å²) < 4.78 is 7.79. The molecular formula is C51H32N2OS. The first-order valence-corrected chi connectivity index (χ1v) is 19.3. The van der Waals surface area contributed by atoms with Crippen LogP contribution in [0.2, 0.25) is 0 Å². The lowest BCUT2D eigenvalue weighted by molar-refractivity contribution is 0.670. The lowest BCUT2D eigenvalue weighted by Gasteiger charge is -2.26. The summed E-state index contributed by atoms with van der Waals surface area (Å²) in [6, 6.07) is 69.2. The van der Waals surface area contributed by atoms with Crippen molar-refractivity contribution in [3.63, 3.8) is 0 Å². The minimum atomic E-state index is 0.854. The van der Waals surface area contributed by atoms with E-state index in [0.29, 0.717) is 0 Å².